The lowest BCUT2D eigenvalue weighted by Gasteiger charge is -2.32. The summed E-state index contributed by atoms with van der Waals surface area (Å²) in [5, 5.41) is 0. The lowest BCUT2D eigenvalue weighted by molar-refractivity contribution is 0.660. The van der Waals surface area contributed by atoms with Gasteiger partial charge in [0, 0.05) is 51.1 Å². The molecule has 0 amide bonds. The molecule has 0 unspecified atom stereocenters. The van der Waals surface area contributed by atoms with Crippen molar-refractivity contribution in [1.29, 1.82) is 0 Å². The Hall–Kier alpha value is -6.51. The summed E-state index contributed by atoms with van der Waals surface area (Å²) in [6, 6.07) is 58.9. The number of fused-ring (bicyclic) bond motifs is 9. The highest BCUT2D eigenvalue weighted by molar-refractivity contribution is 5.99. The maximum Gasteiger partial charge on any atom is 0.0649 e. The molecule has 280 valence electrons. The van der Waals surface area contributed by atoms with Gasteiger partial charge >= 0.3 is 0 Å². The summed E-state index contributed by atoms with van der Waals surface area (Å²) in [7, 11) is 0. The van der Waals surface area contributed by atoms with E-state index < -0.39 is 0 Å². The van der Waals surface area contributed by atoms with Crippen LogP contribution >= 0.6 is 0 Å². The fraction of sp³-hybridized carbons (Fsp3) is 0.161. The molecule has 0 spiro atoms. The van der Waals surface area contributed by atoms with Gasteiger partial charge in [-0.05, 0) is 114 Å². The monoisotopic (exact) mass is 746 g/mol. The molecular weight excluding hydrogens is 701 g/mol. The first-order valence-corrected chi connectivity index (χ1v) is 20.6. The standard InChI is InChI=1S/C56H46N2/c1-54(2)47-21-13-10-18-39(47)42-27-24-35(30-50(42)54)45-33-57-34-46(36-25-28-43-40-19-11-14-22-48(40)55(3,4)51(43)31-36)53(45)58(37-16-8-7-9-17-37)38-26-29-44-41-20-12-15-23-49(41)56(5,6)52(44)32-38/h7-34H,1-6H3. The molecule has 2 heteroatoms. The molecular formula is C56H46N2. The van der Waals surface area contributed by atoms with Crippen molar-refractivity contribution < 1.29 is 0 Å². The maximum atomic E-state index is 5.09. The SMILES string of the molecule is CC1(C)c2ccccc2-c2ccc(-c3cncc(-c4ccc5c(c4)C(C)(C)c4ccccc4-5)c3N(c3ccccc3)c3ccc4c(c3)C(C)(C)c3ccccc3-4)cc21. The molecule has 2 nitrogen and oxygen atoms in total. The molecule has 0 radical (unpaired) electrons. The van der Waals surface area contributed by atoms with E-state index in [0.29, 0.717) is 0 Å². The molecule has 8 aromatic rings. The summed E-state index contributed by atoms with van der Waals surface area (Å²) in [4.78, 5) is 7.58. The molecule has 3 aliphatic carbocycles. The summed E-state index contributed by atoms with van der Waals surface area (Å²) in [6.45, 7) is 14.2. The van der Waals surface area contributed by atoms with Gasteiger partial charge in [-0.15, -0.1) is 0 Å². The van der Waals surface area contributed by atoms with Crippen molar-refractivity contribution in [1.82, 2.24) is 4.98 Å². The van der Waals surface area contributed by atoms with E-state index in [4.69, 9.17) is 4.98 Å². The number of aromatic nitrogens is 1. The third-order valence-electron chi connectivity index (χ3n) is 13.8. The van der Waals surface area contributed by atoms with E-state index in [1.165, 1.54) is 66.8 Å². The minimum absolute atomic E-state index is 0.132. The van der Waals surface area contributed by atoms with Gasteiger partial charge in [0.05, 0.1) is 5.69 Å². The first-order chi connectivity index (χ1) is 28.0. The predicted molar refractivity (Wildman–Crippen MR) is 242 cm³/mol. The third kappa shape index (κ3) is 4.81. The van der Waals surface area contributed by atoms with E-state index in [1.807, 2.05) is 0 Å². The summed E-state index contributed by atoms with van der Waals surface area (Å²) in [5.74, 6) is 0. The smallest absolute Gasteiger partial charge is 0.0649 e. The highest BCUT2D eigenvalue weighted by atomic mass is 15.1. The van der Waals surface area contributed by atoms with Crippen LogP contribution in [0.4, 0.5) is 17.1 Å². The fourth-order valence-corrected chi connectivity index (χ4v) is 10.7. The molecule has 0 atom stereocenters. The van der Waals surface area contributed by atoms with Crippen molar-refractivity contribution in [2.45, 2.75) is 57.8 Å². The number of hydrogen-bond donors (Lipinski definition) is 0. The van der Waals surface area contributed by atoms with E-state index in [-0.39, 0.29) is 16.2 Å². The molecule has 58 heavy (non-hydrogen) atoms. The largest absolute Gasteiger partial charge is 0.309 e. The lowest BCUT2D eigenvalue weighted by Crippen LogP contribution is -2.17. The van der Waals surface area contributed by atoms with Crippen LogP contribution in [-0.4, -0.2) is 4.98 Å². The van der Waals surface area contributed by atoms with E-state index in [9.17, 15) is 0 Å². The van der Waals surface area contributed by atoms with Gasteiger partial charge in [-0.25, -0.2) is 0 Å². The number of rotatable bonds is 5. The molecule has 1 aromatic heterocycles. The second kappa shape index (κ2) is 12.2. The second-order valence-electron chi connectivity index (χ2n) is 18.0. The van der Waals surface area contributed by atoms with Crippen LogP contribution in [-0.2, 0) is 16.2 Å². The Morgan fingerprint density at radius 1 is 0.328 bits per heavy atom. The molecule has 0 N–H and O–H groups in total. The summed E-state index contributed by atoms with van der Waals surface area (Å²) >= 11 is 0. The minimum Gasteiger partial charge on any atom is -0.309 e. The molecule has 3 aliphatic rings. The average molecular weight is 747 g/mol. The zero-order valence-electron chi connectivity index (χ0n) is 34.1. The molecule has 1 heterocycles. The Kier molecular flexibility index (Phi) is 7.33. The van der Waals surface area contributed by atoms with Crippen LogP contribution in [0, 0.1) is 0 Å². The number of hydrogen-bond acceptors (Lipinski definition) is 2. The van der Waals surface area contributed by atoms with Crippen molar-refractivity contribution >= 4 is 17.1 Å². The summed E-state index contributed by atoms with van der Waals surface area (Å²) in [5.41, 5.74) is 23.6. The number of anilines is 3. The quantitative estimate of drug-likeness (QED) is 0.174. The Morgan fingerprint density at radius 3 is 1.17 bits per heavy atom. The van der Waals surface area contributed by atoms with Gasteiger partial charge in [0.15, 0.2) is 0 Å². The molecule has 0 saturated carbocycles. The van der Waals surface area contributed by atoms with E-state index in [1.54, 1.807) is 0 Å². The van der Waals surface area contributed by atoms with Crippen molar-refractivity contribution in [3.05, 3.63) is 203 Å². The van der Waals surface area contributed by atoms with Crippen LogP contribution in [0.1, 0.15) is 74.9 Å². The number of nitrogens with zero attached hydrogens (tertiary/aromatic N) is 2. The van der Waals surface area contributed by atoms with Crippen LogP contribution < -0.4 is 4.90 Å². The van der Waals surface area contributed by atoms with E-state index in [2.05, 4.69) is 217 Å². The van der Waals surface area contributed by atoms with Crippen LogP contribution in [0.25, 0.3) is 55.6 Å². The Bertz CT molecular complexity index is 2860. The Balaban J connectivity index is 1.18. The summed E-state index contributed by atoms with van der Waals surface area (Å²) < 4.78 is 0. The lowest BCUT2D eigenvalue weighted by atomic mass is 9.81. The fourth-order valence-electron chi connectivity index (χ4n) is 10.7. The highest BCUT2D eigenvalue weighted by Crippen LogP contribution is 2.55. The maximum absolute atomic E-state index is 5.09. The zero-order valence-corrected chi connectivity index (χ0v) is 34.1. The van der Waals surface area contributed by atoms with Gasteiger partial charge < -0.3 is 4.90 Å². The van der Waals surface area contributed by atoms with Crippen molar-refractivity contribution in [3.8, 4) is 55.6 Å². The number of para-hydroxylation sites is 1. The van der Waals surface area contributed by atoms with E-state index >= 15 is 0 Å². The van der Waals surface area contributed by atoms with Crippen LogP contribution in [0.2, 0.25) is 0 Å². The summed E-state index contributed by atoms with van der Waals surface area (Å²) in [6.07, 6.45) is 4.18. The minimum atomic E-state index is -0.144. The topological polar surface area (TPSA) is 16.1 Å². The van der Waals surface area contributed by atoms with Gasteiger partial charge in [-0.3, -0.25) is 4.98 Å². The second-order valence-corrected chi connectivity index (χ2v) is 18.0. The third-order valence-corrected chi connectivity index (χ3v) is 13.8. The average Bonchev–Trinajstić information content (AvgIpc) is 3.73. The molecule has 0 saturated heterocycles. The van der Waals surface area contributed by atoms with Crippen molar-refractivity contribution in [2.24, 2.45) is 0 Å². The van der Waals surface area contributed by atoms with Crippen molar-refractivity contribution in [3.63, 3.8) is 0 Å². The molecule has 11 rings (SSSR count). The molecule has 0 aliphatic heterocycles. The number of benzene rings is 7. The van der Waals surface area contributed by atoms with Crippen LogP contribution in [0.5, 0.6) is 0 Å². The van der Waals surface area contributed by atoms with Gasteiger partial charge in [0.2, 0.25) is 0 Å². The predicted octanol–water partition coefficient (Wildman–Crippen LogP) is 14.8. The first-order valence-electron chi connectivity index (χ1n) is 20.6. The first kappa shape index (κ1) is 34.7. The van der Waals surface area contributed by atoms with Gasteiger partial charge in [0.1, 0.15) is 0 Å². The molecule has 7 aromatic carbocycles. The van der Waals surface area contributed by atoms with Crippen LogP contribution in [0.15, 0.2) is 170 Å². The molecule has 0 bridgehead atoms. The van der Waals surface area contributed by atoms with Gasteiger partial charge in [0.25, 0.3) is 0 Å². The normalized spacial score (nSPS) is 15.5. The van der Waals surface area contributed by atoms with Gasteiger partial charge in [-0.1, -0.05) is 163 Å². The highest BCUT2D eigenvalue weighted by Gasteiger charge is 2.39. The van der Waals surface area contributed by atoms with Gasteiger partial charge in [-0.2, -0.15) is 0 Å². The van der Waals surface area contributed by atoms with Crippen LogP contribution in [0.3, 0.4) is 0 Å². The Morgan fingerprint density at radius 2 is 0.707 bits per heavy atom. The molecule has 0 fully saturated rings. The Labute approximate surface area is 342 Å². The van der Waals surface area contributed by atoms with Crippen molar-refractivity contribution in [2.75, 3.05) is 4.90 Å². The van der Waals surface area contributed by atoms with E-state index in [0.717, 1.165) is 39.3 Å². The number of pyridine rings is 1. The zero-order chi connectivity index (χ0) is 39.6.